The summed E-state index contributed by atoms with van der Waals surface area (Å²) in [5.74, 6) is 0.321. The first-order chi connectivity index (χ1) is 8.29. The number of para-hydroxylation sites is 1. The van der Waals surface area contributed by atoms with Crippen molar-refractivity contribution in [3.8, 4) is 0 Å². The maximum absolute atomic E-state index is 15.1. The lowest BCUT2D eigenvalue weighted by molar-refractivity contribution is 0.0143. The second-order valence-corrected chi connectivity index (χ2v) is 5.86. The first-order valence-corrected chi connectivity index (χ1v) is 6.18. The quantitative estimate of drug-likeness (QED) is 0.876. The minimum atomic E-state index is -1.65. The van der Waals surface area contributed by atoms with Crippen LogP contribution in [0.3, 0.4) is 0 Å². The smallest absolute Gasteiger partial charge is 0.185 e. The van der Waals surface area contributed by atoms with Crippen LogP contribution < -0.4 is 5.73 Å². The summed E-state index contributed by atoms with van der Waals surface area (Å²) in [5, 5.41) is 0.921. The Hall–Kier alpha value is -1.35. The molecule has 1 atom stereocenters. The van der Waals surface area contributed by atoms with Gasteiger partial charge in [-0.1, -0.05) is 39.0 Å². The number of halogens is 1. The van der Waals surface area contributed by atoms with Crippen molar-refractivity contribution in [2.75, 3.05) is 6.54 Å². The molecule has 0 fully saturated rings. The summed E-state index contributed by atoms with van der Waals surface area (Å²) in [6.45, 7) is 7.37. The van der Waals surface area contributed by atoms with Gasteiger partial charge in [-0.25, -0.2) is 4.39 Å². The third-order valence-electron chi connectivity index (χ3n) is 3.60. The van der Waals surface area contributed by atoms with Gasteiger partial charge in [0.1, 0.15) is 11.3 Å². The molecule has 0 saturated heterocycles. The number of nitrogens with two attached hydrogens (primary N) is 1. The fourth-order valence-corrected chi connectivity index (χ4v) is 2.18. The molecule has 0 aliphatic rings. The Morgan fingerprint density at radius 2 is 1.94 bits per heavy atom. The van der Waals surface area contributed by atoms with Gasteiger partial charge in [-0.3, -0.25) is 0 Å². The molecule has 2 rings (SSSR count). The third-order valence-corrected chi connectivity index (χ3v) is 3.60. The second kappa shape index (κ2) is 4.09. The molecule has 3 heteroatoms. The summed E-state index contributed by atoms with van der Waals surface area (Å²) >= 11 is 0. The molecule has 0 aliphatic heterocycles. The van der Waals surface area contributed by atoms with Crippen LogP contribution in [0.15, 0.2) is 28.7 Å². The van der Waals surface area contributed by atoms with Crippen LogP contribution in [0.25, 0.3) is 11.0 Å². The Morgan fingerprint density at radius 1 is 1.28 bits per heavy atom. The van der Waals surface area contributed by atoms with E-state index >= 15 is 4.39 Å². The largest absolute Gasteiger partial charge is 0.457 e. The molecule has 1 aromatic carbocycles. The van der Waals surface area contributed by atoms with Gasteiger partial charge < -0.3 is 10.2 Å². The van der Waals surface area contributed by atoms with Crippen molar-refractivity contribution >= 4 is 11.0 Å². The lowest BCUT2D eigenvalue weighted by Gasteiger charge is -2.34. The SMILES string of the molecule is Cc1cccc2cc(C(F)(CN)C(C)(C)C)oc12. The van der Waals surface area contributed by atoms with E-state index < -0.39 is 11.1 Å². The number of hydrogen-bond donors (Lipinski definition) is 1. The van der Waals surface area contributed by atoms with Crippen molar-refractivity contribution in [1.82, 2.24) is 0 Å². The van der Waals surface area contributed by atoms with Gasteiger partial charge in [0.05, 0.1) is 0 Å². The van der Waals surface area contributed by atoms with E-state index in [1.807, 2.05) is 45.9 Å². The van der Waals surface area contributed by atoms with Crippen LogP contribution in [-0.4, -0.2) is 6.54 Å². The number of furan rings is 1. The van der Waals surface area contributed by atoms with E-state index in [4.69, 9.17) is 10.2 Å². The van der Waals surface area contributed by atoms with Crippen molar-refractivity contribution in [3.63, 3.8) is 0 Å². The molecule has 0 amide bonds. The Bertz CT molecular complexity index is 567. The van der Waals surface area contributed by atoms with Gasteiger partial charge >= 0.3 is 0 Å². The molecule has 0 spiro atoms. The molecule has 2 N–H and O–H groups in total. The number of alkyl halides is 1. The van der Waals surface area contributed by atoms with Crippen LogP contribution in [0.5, 0.6) is 0 Å². The highest BCUT2D eigenvalue weighted by Gasteiger charge is 2.45. The molecule has 1 heterocycles. The second-order valence-electron chi connectivity index (χ2n) is 5.86. The molecule has 2 nitrogen and oxygen atoms in total. The van der Waals surface area contributed by atoms with Crippen LogP contribution in [0.4, 0.5) is 4.39 Å². The maximum atomic E-state index is 15.1. The number of aryl methyl sites for hydroxylation is 1. The predicted molar refractivity (Wildman–Crippen MR) is 72.2 cm³/mol. The minimum absolute atomic E-state index is 0.0879. The lowest BCUT2D eigenvalue weighted by atomic mass is 9.76. The van der Waals surface area contributed by atoms with E-state index in [2.05, 4.69) is 0 Å². The molecule has 1 unspecified atom stereocenters. The summed E-state index contributed by atoms with van der Waals surface area (Å²) in [4.78, 5) is 0. The van der Waals surface area contributed by atoms with Gasteiger partial charge in [-0.15, -0.1) is 0 Å². The van der Waals surface area contributed by atoms with Gasteiger partial charge in [-0.2, -0.15) is 0 Å². The van der Waals surface area contributed by atoms with Crippen LogP contribution in [0.1, 0.15) is 32.1 Å². The fraction of sp³-hybridized carbons (Fsp3) is 0.467. The minimum Gasteiger partial charge on any atom is -0.457 e. The third kappa shape index (κ3) is 1.83. The molecular formula is C15H20FNO. The average Bonchev–Trinajstić information content (AvgIpc) is 2.72. The first kappa shape index (κ1) is 13.1. The van der Waals surface area contributed by atoms with Crippen molar-refractivity contribution in [2.45, 2.75) is 33.4 Å². The zero-order valence-electron chi connectivity index (χ0n) is 11.4. The number of benzene rings is 1. The molecule has 18 heavy (non-hydrogen) atoms. The maximum Gasteiger partial charge on any atom is 0.185 e. The summed E-state index contributed by atoms with van der Waals surface area (Å²) in [6.07, 6.45) is 0. The molecule has 98 valence electrons. The van der Waals surface area contributed by atoms with E-state index in [-0.39, 0.29) is 6.54 Å². The molecule has 1 aromatic heterocycles. The zero-order chi connectivity index (χ0) is 13.6. The Morgan fingerprint density at radius 3 is 2.44 bits per heavy atom. The number of hydrogen-bond acceptors (Lipinski definition) is 2. The van der Waals surface area contributed by atoms with Crippen molar-refractivity contribution in [2.24, 2.45) is 11.1 Å². The van der Waals surface area contributed by atoms with E-state index in [9.17, 15) is 0 Å². The van der Waals surface area contributed by atoms with Gasteiger partial charge in [0.2, 0.25) is 0 Å². The van der Waals surface area contributed by atoms with Gasteiger partial charge in [0.15, 0.2) is 5.67 Å². The Kier molecular flexibility index (Phi) is 2.98. The monoisotopic (exact) mass is 249 g/mol. The molecule has 2 aromatic rings. The summed E-state index contributed by atoms with van der Waals surface area (Å²) in [5.41, 5.74) is 5.14. The molecule has 0 saturated carbocycles. The zero-order valence-corrected chi connectivity index (χ0v) is 11.4. The van der Waals surface area contributed by atoms with E-state index in [0.717, 1.165) is 16.5 Å². The van der Waals surface area contributed by atoms with Gasteiger partial charge in [0, 0.05) is 17.3 Å². The molecule has 0 aliphatic carbocycles. The highest BCUT2D eigenvalue weighted by atomic mass is 19.1. The molecular weight excluding hydrogens is 229 g/mol. The van der Waals surface area contributed by atoms with E-state index in [1.165, 1.54) is 0 Å². The van der Waals surface area contributed by atoms with Crippen molar-refractivity contribution < 1.29 is 8.81 Å². The number of fused-ring (bicyclic) bond motifs is 1. The average molecular weight is 249 g/mol. The van der Waals surface area contributed by atoms with Gasteiger partial charge in [0.25, 0.3) is 0 Å². The standard InChI is InChI=1S/C15H20FNO/c1-10-6-5-7-11-8-12(18-13(10)11)15(16,9-17)14(2,3)4/h5-8H,9,17H2,1-4H3. The summed E-state index contributed by atoms with van der Waals surface area (Å²) in [6, 6.07) is 7.58. The molecule has 0 radical (unpaired) electrons. The summed E-state index contributed by atoms with van der Waals surface area (Å²) < 4.78 is 20.8. The Balaban J connectivity index is 2.64. The van der Waals surface area contributed by atoms with Crippen molar-refractivity contribution in [3.05, 3.63) is 35.6 Å². The van der Waals surface area contributed by atoms with Crippen LogP contribution in [0, 0.1) is 12.3 Å². The Labute approximate surface area is 107 Å². The predicted octanol–water partition coefficient (Wildman–Crippen LogP) is 3.91. The number of rotatable bonds is 2. The lowest BCUT2D eigenvalue weighted by Crippen LogP contribution is -2.42. The fourth-order valence-electron chi connectivity index (χ4n) is 2.18. The highest BCUT2D eigenvalue weighted by molar-refractivity contribution is 5.81. The van der Waals surface area contributed by atoms with Crippen LogP contribution in [0.2, 0.25) is 0 Å². The van der Waals surface area contributed by atoms with E-state index in [0.29, 0.717) is 5.76 Å². The summed E-state index contributed by atoms with van der Waals surface area (Å²) in [7, 11) is 0. The first-order valence-electron chi connectivity index (χ1n) is 6.18. The van der Waals surface area contributed by atoms with Crippen LogP contribution in [-0.2, 0) is 5.67 Å². The topological polar surface area (TPSA) is 39.2 Å². The normalized spacial score (nSPS) is 15.9. The van der Waals surface area contributed by atoms with Crippen LogP contribution >= 0.6 is 0 Å². The highest BCUT2D eigenvalue weighted by Crippen LogP contribution is 2.44. The van der Waals surface area contributed by atoms with Gasteiger partial charge in [-0.05, 0) is 18.6 Å². The molecule has 0 bridgehead atoms. The van der Waals surface area contributed by atoms with E-state index in [1.54, 1.807) is 6.07 Å². The van der Waals surface area contributed by atoms with Crippen molar-refractivity contribution in [1.29, 1.82) is 0 Å².